The fourth-order valence-electron chi connectivity index (χ4n) is 3.56. The quantitative estimate of drug-likeness (QED) is 0.689. The molecular weight excluding hydrogens is 362 g/mol. The Kier molecular flexibility index (Phi) is 6.04. The molecule has 1 unspecified atom stereocenters. The predicted molar refractivity (Wildman–Crippen MR) is 95.1 cm³/mol. The van der Waals surface area contributed by atoms with Gasteiger partial charge in [0.15, 0.2) is 9.84 Å². The Morgan fingerprint density at radius 2 is 2.00 bits per heavy atom. The summed E-state index contributed by atoms with van der Waals surface area (Å²) in [5.74, 6) is 1.32. The molecule has 0 radical (unpaired) electrons. The molecule has 25 heavy (non-hydrogen) atoms. The summed E-state index contributed by atoms with van der Waals surface area (Å²) >= 11 is 1.25. The van der Waals surface area contributed by atoms with Crippen LogP contribution < -0.4 is 0 Å². The Labute approximate surface area is 152 Å². The van der Waals surface area contributed by atoms with Gasteiger partial charge in [0.25, 0.3) is 5.22 Å². The first-order valence-electron chi connectivity index (χ1n) is 8.84. The van der Waals surface area contributed by atoms with Crippen LogP contribution in [0.15, 0.2) is 9.64 Å². The maximum absolute atomic E-state index is 12.3. The van der Waals surface area contributed by atoms with Crippen molar-refractivity contribution >= 4 is 27.5 Å². The van der Waals surface area contributed by atoms with Crippen LogP contribution in [0, 0.1) is 5.92 Å². The molecule has 3 rings (SSSR count). The molecule has 0 spiro atoms. The molecule has 0 bridgehead atoms. The monoisotopic (exact) mass is 387 g/mol. The minimum atomic E-state index is -2.90. The van der Waals surface area contributed by atoms with Gasteiger partial charge in [-0.05, 0) is 25.2 Å². The predicted octanol–water partition coefficient (Wildman–Crippen LogP) is 1.93. The number of carbonyl (C=O) groups is 1. The van der Waals surface area contributed by atoms with Crippen molar-refractivity contribution in [2.24, 2.45) is 5.92 Å². The molecule has 0 N–H and O–H groups in total. The van der Waals surface area contributed by atoms with Crippen molar-refractivity contribution in [3.8, 4) is 0 Å². The number of sulfone groups is 1. The maximum atomic E-state index is 12.3. The molecule has 140 valence electrons. The lowest BCUT2D eigenvalue weighted by Gasteiger charge is -2.31. The SMILES string of the molecule is CN(C(=O)CSc1nnc(CC2CCS(=O)(=O)C2)o1)C1CCCCC1. The van der Waals surface area contributed by atoms with Gasteiger partial charge in [-0.1, -0.05) is 31.0 Å². The molecular formula is C16H25N3O4S2. The third kappa shape index (κ3) is 5.20. The van der Waals surface area contributed by atoms with E-state index in [2.05, 4.69) is 10.2 Å². The van der Waals surface area contributed by atoms with Crippen molar-refractivity contribution in [2.45, 2.75) is 56.2 Å². The molecule has 2 aliphatic rings. The molecule has 1 aliphatic heterocycles. The average molecular weight is 388 g/mol. The molecule has 1 aromatic rings. The zero-order chi connectivity index (χ0) is 17.9. The normalized spacial score (nSPS) is 23.6. The molecule has 1 atom stereocenters. The smallest absolute Gasteiger partial charge is 0.277 e. The van der Waals surface area contributed by atoms with Gasteiger partial charge >= 0.3 is 0 Å². The highest BCUT2D eigenvalue weighted by atomic mass is 32.2. The van der Waals surface area contributed by atoms with Gasteiger partial charge < -0.3 is 9.32 Å². The first kappa shape index (κ1) is 18.7. The summed E-state index contributed by atoms with van der Waals surface area (Å²) in [7, 11) is -1.02. The zero-order valence-electron chi connectivity index (χ0n) is 14.5. The number of carbonyl (C=O) groups excluding carboxylic acids is 1. The second-order valence-electron chi connectivity index (χ2n) is 7.02. The van der Waals surface area contributed by atoms with Crippen LogP contribution in [0.2, 0.25) is 0 Å². The first-order chi connectivity index (χ1) is 11.9. The topological polar surface area (TPSA) is 93.4 Å². The van der Waals surface area contributed by atoms with Gasteiger partial charge in [-0.25, -0.2) is 8.42 Å². The summed E-state index contributed by atoms with van der Waals surface area (Å²) in [6.07, 6.45) is 6.96. The van der Waals surface area contributed by atoms with Crippen molar-refractivity contribution in [1.29, 1.82) is 0 Å². The second kappa shape index (κ2) is 8.07. The zero-order valence-corrected chi connectivity index (χ0v) is 16.1. The van der Waals surface area contributed by atoms with E-state index in [-0.39, 0.29) is 29.1 Å². The standard InChI is InChI=1S/C16H25N3O4S2/c1-19(13-5-3-2-4-6-13)15(20)10-24-16-18-17-14(23-16)9-12-7-8-25(21,22)11-12/h12-13H,2-11H2,1H3. The number of aromatic nitrogens is 2. The number of hydrogen-bond acceptors (Lipinski definition) is 7. The van der Waals surface area contributed by atoms with Crippen LogP contribution >= 0.6 is 11.8 Å². The largest absolute Gasteiger partial charge is 0.416 e. The molecule has 2 fully saturated rings. The van der Waals surface area contributed by atoms with Crippen molar-refractivity contribution in [3.05, 3.63) is 5.89 Å². The van der Waals surface area contributed by atoms with Gasteiger partial charge in [0.05, 0.1) is 17.3 Å². The number of rotatable bonds is 6. The van der Waals surface area contributed by atoms with E-state index in [1.54, 1.807) is 0 Å². The van der Waals surface area contributed by atoms with Crippen LogP contribution in [0.25, 0.3) is 0 Å². The van der Waals surface area contributed by atoms with Crippen LogP contribution in [0.5, 0.6) is 0 Å². The van der Waals surface area contributed by atoms with Gasteiger partial charge in [0.2, 0.25) is 11.8 Å². The number of nitrogens with zero attached hydrogens (tertiary/aromatic N) is 3. The van der Waals surface area contributed by atoms with E-state index in [1.165, 1.54) is 31.0 Å². The Balaban J connectivity index is 1.46. The van der Waals surface area contributed by atoms with Crippen molar-refractivity contribution in [3.63, 3.8) is 0 Å². The Bertz CT molecular complexity index is 698. The van der Waals surface area contributed by atoms with Crippen molar-refractivity contribution in [1.82, 2.24) is 15.1 Å². The minimum Gasteiger partial charge on any atom is -0.416 e. The van der Waals surface area contributed by atoms with Gasteiger partial charge in [-0.2, -0.15) is 0 Å². The number of thioether (sulfide) groups is 1. The summed E-state index contributed by atoms with van der Waals surface area (Å²) in [6, 6.07) is 0.351. The Morgan fingerprint density at radius 3 is 2.68 bits per heavy atom. The van der Waals surface area contributed by atoms with Crippen LogP contribution in [0.4, 0.5) is 0 Å². The van der Waals surface area contributed by atoms with Gasteiger partial charge in [0, 0.05) is 19.5 Å². The molecule has 1 aliphatic carbocycles. The Hall–Kier alpha value is -1.09. The van der Waals surface area contributed by atoms with E-state index in [9.17, 15) is 13.2 Å². The van der Waals surface area contributed by atoms with E-state index < -0.39 is 9.84 Å². The lowest BCUT2D eigenvalue weighted by atomic mass is 9.94. The summed E-state index contributed by atoms with van der Waals surface area (Å²) in [5, 5.41) is 8.32. The summed E-state index contributed by atoms with van der Waals surface area (Å²) in [4.78, 5) is 14.2. The van der Waals surface area contributed by atoms with Gasteiger partial charge in [-0.15, -0.1) is 10.2 Å². The van der Waals surface area contributed by atoms with Crippen molar-refractivity contribution < 1.29 is 17.6 Å². The molecule has 1 amide bonds. The first-order valence-corrected chi connectivity index (χ1v) is 11.6. The third-order valence-corrected chi connectivity index (χ3v) is 7.71. The summed E-state index contributed by atoms with van der Waals surface area (Å²) in [6.45, 7) is 0. The van der Waals surface area contributed by atoms with Crippen LogP contribution in [0.1, 0.15) is 44.4 Å². The number of hydrogen-bond donors (Lipinski definition) is 0. The van der Waals surface area contributed by atoms with Crippen LogP contribution in [-0.2, 0) is 21.1 Å². The summed E-state index contributed by atoms with van der Waals surface area (Å²) < 4.78 is 28.6. The Morgan fingerprint density at radius 1 is 1.24 bits per heavy atom. The molecule has 9 heteroatoms. The molecule has 1 aromatic heterocycles. The lowest BCUT2D eigenvalue weighted by molar-refractivity contribution is -0.129. The van der Waals surface area contributed by atoms with Crippen LogP contribution in [0.3, 0.4) is 0 Å². The number of amides is 1. The van der Waals surface area contributed by atoms with E-state index in [0.29, 0.717) is 30.0 Å². The molecule has 1 saturated heterocycles. The fourth-order valence-corrected chi connectivity index (χ4v) is 6.12. The molecule has 1 saturated carbocycles. The molecule has 7 nitrogen and oxygen atoms in total. The summed E-state index contributed by atoms with van der Waals surface area (Å²) in [5.41, 5.74) is 0. The van der Waals surface area contributed by atoms with E-state index in [0.717, 1.165) is 12.8 Å². The van der Waals surface area contributed by atoms with E-state index in [1.807, 2.05) is 11.9 Å². The average Bonchev–Trinajstić information content (AvgIpc) is 3.19. The van der Waals surface area contributed by atoms with E-state index in [4.69, 9.17) is 4.42 Å². The maximum Gasteiger partial charge on any atom is 0.277 e. The second-order valence-corrected chi connectivity index (χ2v) is 10.2. The van der Waals surface area contributed by atoms with E-state index >= 15 is 0 Å². The third-order valence-electron chi connectivity index (χ3n) is 5.07. The van der Waals surface area contributed by atoms with Crippen molar-refractivity contribution in [2.75, 3.05) is 24.3 Å². The minimum absolute atomic E-state index is 0.0577. The highest BCUT2D eigenvalue weighted by Gasteiger charge is 2.29. The molecule has 2 heterocycles. The van der Waals surface area contributed by atoms with Crippen LogP contribution in [-0.4, -0.2) is 59.8 Å². The van der Waals surface area contributed by atoms with Gasteiger partial charge in [-0.3, -0.25) is 4.79 Å². The van der Waals surface area contributed by atoms with Gasteiger partial charge in [0.1, 0.15) is 0 Å². The highest BCUT2D eigenvalue weighted by Crippen LogP contribution is 2.25. The lowest BCUT2D eigenvalue weighted by Crippen LogP contribution is -2.39. The molecule has 0 aromatic carbocycles. The highest BCUT2D eigenvalue weighted by molar-refractivity contribution is 7.99. The fraction of sp³-hybridized carbons (Fsp3) is 0.812.